The average Bonchev–Trinajstić information content (AvgIpc) is 3.35. The first-order valence-electron chi connectivity index (χ1n) is 8.74. The molecule has 0 spiro atoms. The monoisotopic (exact) mass is 387 g/mol. The molecule has 0 N–H and O–H groups in total. The molecule has 0 bridgehead atoms. The molecule has 2 heterocycles. The molecule has 8 heteroatoms. The maximum Gasteiger partial charge on any atom is 0.261 e. The third kappa shape index (κ3) is 3.37. The van der Waals surface area contributed by atoms with Crippen LogP contribution in [0.25, 0.3) is 22.0 Å². The van der Waals surface area contributed by atoms with Crippen LogP contribution in [0.15, 0.2) is 40.3 Å². The summed E-state index contributed by atoms with van der Waals surface area (Å²) in [7, 11) is 0.0356. The zero-order valence-corrected chi connectivity index (χ0v) is 16.3. The lowest BCUT2D eigenvalue weighted by Crippen LogP contribution is -2.16. The lowest BCUT2D eigenvalue weighted by molar-refractivity contribution is 0.301. The van der Waals surface area contributed by atoms with Gasteiger partial charge in [0.25, 0.3) is 5.56 Å². The van der Waals surface area contributed by atoms with Gasteiger partial charge in [-0.05, 0) is 37.0 Å². The molecule has 0 saturated heterocycles. The normalized spacial score (nSPS) is 14.6. The van der Waals surface area contributed by atoms with Gasteiger partial charge in [-0.15, -0.1) is 0 Å². The van der Waals surface area contributed by atoms with Crippen LogP contribution in [-0.4, -0.2) is 35.6 Å². The Morgan fingerprint density at radius 1 is 1.19 bits per heavy atom. The van der Waals surface area contributed by atoms with E-state index >= 15 is 0 Å². The standard InChI is InChI=1S/C19H21N3O4S/c1-21-9-15(18-16(19(21)23)10-22(2)20-18)14-8-13(27(3,24)25)6-7-17(14)26-11-12-4-5-12/h6-10,12H,4-5,11H2,1-3H3. The number of fused-ring (bicyclic) bond motifs is 1. The number of benzene rings is 1. The molecule has 1 aliphatic carbocycles. The summed E-state index contributed by atoms with van der Waals surface area (Å²) in [6.07, 6.45) is 6.84. The maximum atomic E-state index is 12.4. The van der Waals surface area contributed by atoms with Crippen molar-refractivity contribution in [1.29, 1.82) is 0 Å². The number of ether oxygens (including phenoxy) is 1. The summed E-state index contributed by atoms with van der Waals surface area (Å²) >= 11 is 0. The van der Waals surface area contributed by atoms with Gasteiger partial charge in [-0.3, -0.25) is 9.48 Å². The van der Waals surface area contributed by atoms with Crippen molar-refractivity contribution in [2.75, 3.05) is 12.9 Å². The van der Waals surface area contributed by atoms with E-state index in [9.17, 15) is 13.2 Å². The summed E-state index contributed by atoms with van der Waals surface area (Å²) in [6.45, 7) is 0.600. The Morgan fingerprint density at radius 2 is 1.93 bits per heavy atom. The van der Waals surface area contributed by atoms with Gasteiger partial charge in [0.05, 0.1) is 16.9 Å². The summed E-state index contributed by atoms with van der Waals surface area (Å²) in [5.41, 5.74) is 1.67. The van der Waals surface area contributed by atoms with Crippen LogP contribution in [0.3, 0.4) is 0 Å². The largest absolute Gasteiger partial charge is 0.493 e. The molecule has 0 atom stereocenters. The van der Waals surface area contributed by atoms with E-state index in [1.54, 1.807) is 49.4 Å². The highest BCUT2D eigenvalue weighted by Gasteiger charge is 2.24. The van der Waals surface area contributed by atoms with E-state index in [2.05, 4.69) is 5.10 Å². The van der Waals surface area contributed by atoms with Gasteiger partial charge in [-0.2, -0.15) is 5.10 Å². The van der Waals surface area contributed by atoms with E-state index in [0.717, 1.165) is 12.8 Å². The highest BCUT2D eigenvalue weighted by molar-refractivity contribution is 7.90. The molecule has 2 aromatic heterocycles. The Morgan fingerprint density at radius 3 is 2.59 bits per heavy atom. The van der Waals surface area contributed by atoms with Crippen LogP contribution in [0.2, 0.25) is 0 Å². The first-order chi connectivity index (χ1) is 12.7. The van der Waals surface area contributed by atoms with Crippen LogP contribution in [0, 0.1) is 5.92 Å². The Kier molecular flexibility index (Phi) is 4.10. The number of hydrogen-bond acceptors (Lipinski definition) is 5. The van der Waals surface area contributed by atoms with Gasteiger partial charge in [0, 0.05) is 43.9 Å². The number of nitrogens with zero attached hydrogens (tertiary/aromatic N) is 3. The van der Waals surface area contributed by atoms with Gasteiger partial charge in [0.2, 0.25) is 0 Å². The summed E-state index contributed by atoms with van der Waals surface area (Å²) in [4.78, 5) is 12.6. The van der Waals surface area contributed by atoms with Crippen molar-refractivity contribution in [2.45, 2.75) is 17.7 Å². The molecule has 1 fully saturated rings. The van der Waals surface area contributed by atoms with Gasteiger partial charge in [0.1, 0.15) is 11.3 Å². The molecule has 1 aliphatic rings. The minimum atomic E-state index is -3.39. The van der Waals surface area contributed by atoms with Crippen LogP contribution < -0.4 is 10.3 Å². The smallest absolute Gasteiger partial charge is 0.261 e. The lowest BCUT2D eigenvalue weighted by Gasteiger charge is -2.14. The molecule has 4 rings (SSSR count). The number of rotatable bonds is 5. The molecule has 0 aliphatic heterocycles. The zero-order valence-electron chi connectivity index (χ0n) is 15.5. The predicted molar refractivity (Wildman–Crippen MR) is 103 cm³/mol. The fraction of sp³-hybridized carbons (Fsp3) is 0.368. The first-order valence-corrected chi connectivity index (χ1v) is 10.6. The van der Waals surface area contributed by atoms with Crippen molar-refractivity contribution in [2.24, 2.45) is 20.0 Å². The SMILES string of the molecule is Cn1cc2c(=O)n(C)cc(-c3cc(S(C)(=O)=O)ccc3OCC3CC3)c2n1. The summed E-state index contributed by atoms with van der Waals surface area (Å²) < 4.78 is 33.2. The van der Waals surface area contributed by atoms with Gasteiger partial charge < -0.3 is 9.30 Å². The molecule has 0 amide bonds. The van der Waals surface area contributed by atoms with Gasteiger partial charge in [0.15, 0.2) is 9.84 Å². The van der Waals surface area contributed by atoms with Gasteiger partial charge >= 0.3 is 0 Å². The highest BCUT2D eigenvalue weighted by Crippen LogP contribution is 2.37. The summed E-state index contributed by atoms with van der Waals surface area (Å²) in [5, 5.41) is 4.91. The van der Waals surface area contributed by atoms with Crippen molar-refractivity contribution >= 4 is 20.7 Å². The Hall–Kier alpha value is -2.61. The maximum absolute atomic E-state index is 12.4. The van der Waals surface area contributed by atoms with E-state index in [1.807, 2.05) is 0 Å². The van der Waals surface area contributed by atoms with E-state index in [0.29, 0.717) is 40.3 Å². The second-order valence-electron chi connectivity index (χ2n) is 7.21. The predicted octanol–water partition coefficient (Wildman–Crippen LogP) is 2.13. The zero-order chi connectivity index (χ0) is 19.3. The Labute approximate surface area is 157 Å². The molecule has 142 valence electrons. The van der Waals surface area contributed by atoms with Gasteiger partial charge in [-0.1, -0.05) is 0 Å². The van der Waals surface area contributed by atoms with Gasteiger partial charge in [-0.25, -0.2) is 8.42 Å². The number of pyridine rings is 1. The van der Waals surface area contributed by atoms with E-state index in [-0.39, 0.29) is 10.5 Å². The number of hydrogen-bond donors (Lipinski definition) is 0. The molecule has 1 saturated carbocycles. The lowest BCUT2D eigenvalue weighted by atomic mass is 10.0. The Bertz CT molecular complexity index is 1200. The Balaban J connectivity index is 1.97. The fourth-order valence-electron chi connectivity index (χ4n) is 3.11. The third-order valence-corrected chi connectivity index (χ3v) is 5.91. The topological polar surface area (TPSA) is 83.2 Å². The van der Waals surface area contributed by atoms with E-state index in [1.165, 1.54) is 10.8 Å². The van der Waals surface area contributed by atoms with Crippen molar-refractivity contribution < 1.29 is 13.2 Å². The van der Waals surface area contributed by atoms with E-state index in [4.69, 9.17) is 4.74 Å². The minimum absolute atomic E-state index is 0.151. The fourth-order valence-corrected chi connectivity index (χ4v) is 3.76. The van der Waals surface area contributed by atoms with Crippen LogP contribution in [0.5, 0.6) is 5.75 Å². The number of sulfone groups is 1. The van der Waals surface area contributed by atoms with Crippen LogP contribution >= 0.6 is 0 Å². The van der Waals surface area contributed by atoms with Crippen molar-refractivity contribution in [1.82, 2.24) is 14.3 Å². The van der Waals surface area contributed by atoms with Crippen LogP contribution in [0.4, 0.5) is 0 Å². The second-order valence-corrected chi connectivity index (χ2v) is 9.22. The van der Waals surface area contributed by atoms with Crippen molar-refractivity contribution in [3.63, 3.8) is 0 Å². The average molecular weight is 387 g/mol. The molecule has 0 unspecified atom stereocenters. The molecule has 0 radical (unpaired) electrons. The van der Waals surface area contributed by atoms with Crippen molar-refractivity contribution in [3.05, 3.63) is 40.9 Å². The molecule has 27 heavy (non-hydrogen) atoms. The number of aromatic nitrogens is 3. The molecule has 7 nitrogen and oxygen atoms in total. The van der Waals surface area contributed by atoms with Crippen LogP contribution in [0.1, 0.15) is 12.8 Å². The molecular formula is C19H21N3O4S. The molecule has 1 aromatic carbocycles. The minimum Gasteiger partial charge on any atom is -0.493 e. The number of aryl methyl sites for hydroxylation is 2. The first kappa shape index (κ1) is 17.8. The summed E-state index contributed by atoms with van der Waals surface area (Å²) in [5.74, 6) is 1.15. The molecule has 3 aromatic rings. The molecular weight excluding hydrogens is 366 g/mol. The van der Waals surface area contributed by atoms with Crippen molar-refractivity contribution in [3.8, 4) is 16.9 Å². The quantitative estimate of drug-likeness (QED) is 0.670. The van der Waals surface area contributed by atoms with Crippen LogP contribution in [-0.2, 0) is 23.9 Å². The second kappa shape index (κ2) is 6.23. The summed E-state index contributed by atoms with van der Waals surface area (Å²) in [6, 6.07) is 4.85. The highest BCUT2D eigenvalue weighted by atomic mass is 32.2. The van der Waals surface area contributed by atoms with E-state index < -0.39 is 9.84 Å². The third-order valence-electron chi connectivity index (χ3n) is 4.80.